The van der Waals surface area contributed by atoms with Gasteiger partial charge in [0.25, 0.3) is 10.1 Å². The van der Waals surface area contributed by atoms with Crippen molar-refractivity contribution in [2.45, 2.75) is 50.3 Å². The van der Waals surface area contributed by atoms with E-state index in [0.29, 0.717) is 0 Å². The Morgan fingerprint density at radius 2 is 1.31 bits per heavy atom. The molecule has 10 heteroatoms. The zero-order chi connectivity index (χ0) is 27.5. The second kappa shape index (κ2) is 14.9. The maximum atomic E-state index is 12.6. The Labute approximate surface area is 234 Å². The number of halogens is 1. The topological polar surface area (TPSA) is 104 Å². The van der Waals surface area contributed by atoms with Crippen molar-refractivity contribution in [3.63, 3.8) is 0 Å². The van der Waals surface area contributed by atoms with Crippen LogP contribution in [-0.2, 0) is 53.1 Å². The number of aliphatic hydroxyl groups is 1. The third-order valence-corrected chi connectivity index (χ3v) is 7.79. The van der Waals surface area contributed by atoms with E-state index >= 15 is 0 Å². The highest BCUT2D eigenvalue weighted by molar-refractivity contribution is 7.87. The summed E-state index contributed by atoms with van der Waals surface area (Å²) in [6.07, 6.45) is -3.82. The third-order valence-electron chi connectivity index (χ3n) is 6.18. The van der Waals surface area contributed by atoms with Gasteiger partial charge >= 0.3 is 0 Å². The molecule has 0 unspecified atom stereocenters. The molecule has 3 aromatic carbocycles. The third kappa shape index (κ3) is 9.37. The van der Waals surface area contributed by atoms with Crippen LogP contribution in [0.2, 0.25) is 0 Å². The minimum atomic E-state index is -4.11. The molecule has 1 heterocycles. The van der Waals surface area contributed by atoms with Crippen LogP contribution in [0.5, 0.6) is 0 Å². The van der Waals surface area contributed by atoms with Crippen LogP contribution >= 0.6 is 11.6 Å². The fourth-order valence-corrected chi connectivity index (χ4v) is 4.92. The van der Waals surface area contributed by atoms with Gasteiger partial charge in [-0.25, -0.2) is 0 Å². The van der Waals surface area contributed by atoms with Crippen molar-refractivity contribution in [1.82, 2.24) is 0 Å². The summed E-state index contributed by atoms with van der Waals surface area (Å²) in [5.74, 6) is 0. The molecule has 210 valence electrons. The number of alkyl halides is 1. The van der Waals surface area contributed by atoms with Crippen molar-refractivity contribution in [1.29, 1.82) is 0 Å². The van der Waals surface area contributed by atoms with Gasteiger partial charge in [0.1, 0.15) is 35.7 Å². The maximum Gasteiger partial charge on any atom is 0.281 e. The summed E-state index contributed by atoms with van der Waals surface area (Å²) in [6, 6.07) is 28.5. The van der Waals surface area contributed by atoms with Crippen molar-refractivity contribution in [2.24, 2.45) is 0 Å². The highest BCUT2D eigenvalue weighted by Gasteiger charge is 2.51. The van der Waals surface area contributed by atoms with E-state index in [1.807, 2.05) is 91.0 Å². The van der Waals surface area contributed by atoms with E-state index in [1.165, 1.54) is 0 Å². The Morgan fingerprint density at radius 3 is 1.79 bits per heavy atom. The number of epoxide rings is 1. The SMILES string of the molecule is O=S(=O)(CCl)O[C@@H](COCc1ccccc1)[C@@H](OCc1ccccc1)[C@H](OCc1ccccc1)[C@@H]1O[C@H]1CO. The Balaban J connectivity index is 1.60. The van der Waals surface area contributed by atoms with Gasteiger partial charge in [-0.15, -0.1) is 11.6 Å². The predicted molar refractivity (Wildman–Crippen MR) is 146 cm³/mol. The van der Waals surface area contributed by atoms with Gasteiger partial charge in [-0.05, 0) is 16.7 Å². The van der Waals surface area contributed by atoms with E-state index in [2.05, 4.69) is 0 Å². The Morgan fingerprint density at radius 1 is 0.795 bits per heavy atom. The van der Waals surface area contributed by atoms with Crippen molar-refractivity contribution in [2.75, 3.05) is 18.4 Å². The molecule has 1 N–H and O–H groups in total. The summed E-state index contributed by atoms with van der Waals surface area (Å²) in [6.45, 7) is 0.284. The number of rotatable bonds is 17. The summed E-state index contributed by atoms with van der Waals surface area (Å²) in [4.78, 5) is 0. The normalized spacial score (nSPS) is 19.3. The molecule has 1 fully saturated rings. The lowest BCUT2D eigenvalue weighted by molar-refractivity contribution is -0.145. The molecule has 3 aromatic rings. The van der Waals surface area contributed by atoms with Gasteiger partial charge in [-0.3, -0.25) is 4.18 Å². The van der Waals surface area contributed by atoms with Crippen molar-refractivity contribution in [3.05, 3.63) is 108 Å². The minimum Gasteiger partial charge on any atom is -0.394 e. The first-order valence-electron chi connectivity index (χ1n) is 12.6. The molecular weight excluding hydrogens is 544 g/mol. The van der Waals surface area contributed by atoms with E-state index in [9.17, 15) is 13.5 Å². The van der Waals surface area contributed by atoms with Gasteiger partial charge in [0.2, 0.25) is 0 Å². The van der Waals surface area contributed by atoms with Crippen LogP contribution in [0.1, 0.15) is 16.7 Å². The summed E-state index contributed by atoms with van der Waals surface area (Å²) < 4.78 is 54.9. The minimum absolute atomic E-state index is 0.119. The average molecular weight is 577 g/mol. The molecule has 0 radical (unpaired) electrons. The first-order chi connectivity index (χ1) is 19.0. The Hall–Kier alpha value is -2.34. The highest BCUT2D eigenvalue weighted by atomic mass is 35.5. The van der Waals surface area contributed by atoms with Crippen molar-refractivity contribution < 1.29 is 36.7 Å². The maximum absolute atomic E-state index is 12.6. The molecule has 0 saturated carbocycles. The predicted octanol–water partition coefficient (Wildman–Crippen LogP) is 4.05. The molecule has 1 aliphatic heterocycles. The summed E-state index contributed by atoms with van der Waals surface area (Å²) in [5, 5.41) is 9.01. The molecule has 4 rings (SSSR count). The molecule has 0 spiro atoms. The molecule has 39 heavy (non-hydrogen) atoms. The van der Waals surface area contributed by atoms with Gasteiger partial charge < -0.3 is 24.1 Å². The van der Waals surface area contributed by atoms with Crippen LogP contribution in [0.15, 0.2) is 91.0 Å². The number of ether oxygens (including phenoxy) is 4. The monoisotopic (exact) mass is 576 g/mol. The van der Waals surface area contributed by atoms with Crippen molar-refractivity contribution in [3.8, 4) is 0 Å². The van der Waals surface area contributed by atoms with E-state index in [1.54, 1.807) is 0 Å². The first-order valence-corrected chi connectivity index (χ1v) is 14.8. The molecule has 5 atom stereocenters. The lowest BCUT2D eigenvalue weighted by Gasteiger charge is -2.32. The molecule has 1 saturated heterocycles. The van der Waals surface area contributed by atoms with Gasteiger partial charge in [0.15, 0.2) is 0 Å². The molecule has 8 nitrogen and oxygen atoms in total. The lowest BCUT2D eigenvalue weighted by atomic mass is 10.0. The largest absolute Gasteiger partial charge is 0.394 e. The van der Waals surface area contributed by atoms with E-state index < -0.39 is 45.8 Å². The van der Waals surface area contributed by atoms with E-state index in [0.717, 1.165) is 16.7 Å². The van der Waals surface area contributed by atoms with Gasteiger partial charge in [0, 0.05) is 0 Å². The highest BCUT2D eigenvalue weighted by Crippen LogP contribution is 2.33. The van der Waals surface area contributed by atoms with Gasteiger partial charge in [0.05, 0.1) is 33.0 Å². The molecule has 0 amide bonds. The van der Waals surface area contributed by atoms with E-state index in [-0.39, 0.29) is 33.0 Å². The average Bonchev–Trinajstić information content (AvgIpc) is 3.75. The van der Waals surface area contributed by atoms with Crippen LogP contribution in [-0.4, -0.2) is 62.5 Å². The van der Waals surface area contributed by atoms with Crippen LogP contribution < -0.4 is 0 Å². The molecule has 0 aromatic heterocycles. The number of aliphatic hydroxyl groups excluding tert-OH is 1. The van der Waals surface area contributed by atoms with Gasteiger partial charge in [-0.2, -0.15) is 8.42 Å². The van der Waals surface area contributed by atoms with Crippen LogP contribution in [0, 0.1) is 0 Å². The second-order valence-electron chi connectivity index (χ2n) is 9.15. The van der Waals surface area contributed by atoms with Crippen LogP contribution in [0.4, 0.5) is 0 Å². The lowest BCUT2D eigenvalue weighted by Crippen LogP contribution is -2.49. The Bertz CT molecular complexity index is 1210. The molecule has 0 bridgehead atoms. The fourth-order valence-electron chi connectivity index (χ4n) is 4.17. The summed E-state index contributed by atoms with van der Waals surface area (Å²) in [5.41, 5.74) is 2.71. The standard InChI is InChI=1S/C29H33ClO8S/c30-21-39(32,33)38-26(20-34-17-22-10-4-1-5-11-22)27(35-18-23-12-6-2-7-13-23)29(28-25(16-31)37-28)36-19-24-14-8-3-9-15-24/h1-15,25-29,31H,16-21H2/t25-,26-,27+,28+,29-/m0/s1. The smallest absolute Gasteiger partial charge is 0.281 e. The summed E-state index contributed by atoms with van der Waals surface area (Å²) in [7, 11) is -4.11. The Kier molecular flexibility index (Phi) is 11.3. The number of benzene rings is 3. The quantitative estimate of drug-likeness (QED) is 0.146. The van der Waals surface area contributed by atoms with Gasteiger partial charge in [-0.1, -0.05) is 91.0 Å². The van der Waals surface area contributed by atoms with Crippen molar-refractivity contribution >= 4 is 21.7 Å². The number of hydrogen-bond donors (Lipinski definition) is 1. The van der Waals surface area contributed by atoms with E-state index in [4.69, 9.17) is 34.7 Å². The fraction of sp³-hybridized carbons (Fsp3) is 0.379. The zero-order valence-electron chi connectivity index (χ0n) is 21.4. The number of hydrogen-bond acceptors (Lipinski definition) is 8. The van der Waals surface area contributed by atoms with Crippen LogP contribution in [0.3, 0.4) is 0 Å². The second-order valence-corrected chi connectivity index (χ2v) is 11.3. The molecular formula is C29H33ClO8S. The van der Waals surface area contributed by atoms with Crippen LogP contribution in [0.25, 0.3) is 0 Å². The zero-order valence-corrected chi connectivity index (χ0v) is 23.0. The molecule has 1 aliphatic rings. The summed E-state index contributed by atoms with van der Waals surface area (Å²) >= 11 is 5.70. The first kappa shape index (κ1) is 29.6. The molecule has 0 aliphatic carbocycles.